The normalized spacial score (nSPS) is 16.0. The molecule has 1 heterocycles. The number of aliphatic hydroxyl groups excluding tert-OH is 4. The minimum absolute atomic E-state index is 0.326. The van der Waals surface area contributed by atoms with Gasteiger partial charge >= 0.3 is 0 Å². The third-order valence-corrected chi connectivity index (χ3v) is 14.4. The van der Waals surface area contributed by atoms with E-state index >= 15 is 0 Å². The van der Waals surface area contributed by atoms with E-state index in [0.717, 1.165) is 104 Å². The highest BCUT2D eigenvalue weighted by Crippen LogP contribution is 2.17. The molecule has 4 atom stereocenters. The molecule has 1 fully saturated rings. The van der Waals surface area contributed by atoms with Crippen molar-refractivity contribution in [2.75, 3.05) is 78.5 Å². The molecule has 0 aromatic heterocycles. The van der Waals surface area contributed by atoms with Crippen LogP contribution in [0.4, 0.5) is 0 Å². The Labute approximate surface area is 400 Å². The zero-order valence-corrected chi connectivity index (χ0v) is 43.8. The van der Waals surface area contributed by atoms with Crippen LogP contribution in [0.2, 0.25) is 0 Å². The molecule has 1 rings (SSSR count). The lowest BCUT2D eigenvalue weighted by Gasteiger charge is -2.37. The molecule has 1 aliphatic rings. The molecule has 4 N–H and O–H groups in total. The van der Waals surface area contributed by atoms with Crippen molar-refractivity contribution in [2.24, 2.45) is 0 Å². The molecule has 384 valence electrons. The Kier molecular flexibility index (Phi) is 44.7. The van der Waals surface area contributed by atoms with Crippen molar-refractivity contribution < 1.29 is 20.4 Å². The first-order chi connectivity index (χ1) is 31.3. The fourth-order valence-corrected chi connectivity index (χ4v) is 9.93. The van der Waals surface area contributed by atoms with E-state index in [1.165, 1.54) is 180 Å². The third kappa shape index (κ3) is 39.7. The maximum Gasteiger partial charge on any atom is 0.0667 e. The molecular formula is C56H116N4O4. The van der Waals surface area contributed by atoms with Crippen LogP contribution in [-0.2, 0) is 0 Å². The molecule has 1 saturated heterocycles. The maximum absolute atomic E-state index is 11.1. The molecule has 0 spiro atoms. The van der Waals surface area contributed by atoms with E-state index in [-0.39, 0.29) is 24.4 Å². The fraction of sp³-hybridized carbons (Fsp3) is 1.00. The Balaban J connectivity index is 2.62. The van der Waals surface area contributed by atoms with Gasteiger partial charge in [0.1, 0.15) is 0 Å². The van der Waals surface area contributed by atoms with E-state index < -0.39 is 0 Å². The monoisotopic (exact) mass is 909 g/mol. The van der Waals surface area contributed by atoms with Crippen LogP contribution in [0.3, 0.4) is 0 Å². The Bertz CT molecular complexity index is 795. The number of hydrogen-bond acceptors (Lipinski definition) is 8. The average Bonchev–Trinajstić information content (AvgIpc) is 3.28. The summed E-state index contributed by atoms with van der Waals surface area (Å²) in [4.78, 5) is 9.90. The second-order valence-electron chi connectivity index (χ2n) is 20.9. The zero-order chi connectivity index (χ0) is 46.6. The predicted molar refractivity (Wildman–Crippen MR) is 279 cm³/mol. The van der Waals surface area contributed by atoms with Crippen LogP contribution < -0.4 is 0 Å². The lowest BCUT2D eigenvalue weighted by atomic mass is 10.0. The van der Waals surface area contributed by atoms with E-state index in [4.69, 9.17) is 0 Å². The first-order valence-corrected chi connectivity index (χ1v) is 28.9. The fourth-order valence-electron chi connectivity index (χ4n) is 9.93. The van der Waals surface area contributed by atoms with Crippen molar-refractivity contribution in [3.8, 4) is 0 Å². The van der Waals surface area contributed by atoms with Gasteiger partial charge in [-0.3, -0.25) is 19.6 Å². The van der Waals surface area contributed by atoms with Gasteiger partial charge in [-0.1, -0.05) is 233 Å². The van der Waals surface area contributed by atoms with Crippen LogP contribution in [0.15, 0.2) is 0 Å². The van der Waals surface area contributed by atoms with Crippen molar-refractivity contribution in [1.29, 1.82) is 0 Å². The van der Waals surface area contributed by atoms with E-state index in [9.17, 15) is 20.4 Å². The Hall–Kier alpha value is -0.320. The SMILES string of the molecule is CCCCCCCCCCC(O)CN(CCN1CCN(CCN(CC(O)CCCCCCCCCC)CC(O)CCCCCCCCCC)CC1)CC(O)CCCCCCCCCC. The highest BCUT2D eigenvalue weighted by Gasteiger charge is 2.22. The summed E-state index contributed by atoms with van der Waals surface area (Å²) in [6.07, 6.45) is 43.2. The molecule has 8 heteroatoms. The van der Waals surface area contributed by atoms with Crippen molar-refractivity contribution in [1.82, 2.24) is 19.6 Å². The van der Waals surface area contributed by atoms with Gasteiger partial charge in [0.05, 0.1) is 24.4 Å². The number of unbranched alkanes of at least 4 members (excludes halogenated alkanes) is 28. The number of hydrogen-bond donors (Lipinski definition) is 4. The van der Waals surface area contributed by atoms with Gasteiger partial charge in [-0.15, -0.1) is 0 Å². The molecule has 0 saturated carbocycles. The van der Waals surface area contributed by atoms with Crippen molar-refractivity contribution in [3.63, 3.8) is 0 Å². The van der Waals surface area contributed by atoms with Crippen LogP contribution in [0.25, 0.3) is 0 Å². The molecule has 64 heavy (non-hydrogen) atoms. The number of rotatable bonds is 50. The highest BCUT2D eigenvalue weighted by atomic mass is 16.3. The minimum Gasteiger partial charge on any atom is -0.392 e. The van der Waals surface area contributed by atoms with Crippen LogP contribution in [0, 0.1) is 0 Å². The summed E-state index contributed by atoms with van der Waals surface area (Å²) in [6.45, 7) is 19.6. The van der Waals surface area contributed by atoms with E-state index in [1.54, 1.807) is 0 Å². The van der Waals surface area contributed by atoms with E-state index in [1.807, 2.05) is 0 Å². The topological polar surface area (TPSA) is 93.9 Å². The maximum atomic E-state index is 11.1. The Morgan fingerprint density at radius 3 is 0.688 bits per heavy atom. The van der Waals surface area contributed by atoms with Crippen LogP contribution in [0.1, 0.15) is 259 Å². The predicted octanol–water partition coefficient (Wildman–Crippen LogP) is 12.8. The van der Waals surface area contributed by atoms with Crippen LogP contribution in [-0.4, -0.2) is 143 Å². The summed E-state index contributed by atoms with van der Waals surface area (Å²) >= 11 is 0. The first kappa shape index (κ1) is 61.7. The molecule has 0 aliphatic carbocycles. The third-order valence-electron chi connectivity index (χ3n) is 14.4. The molecule has 1 aliphatic heterocycles. The molecular weight excluding hydrogens is 793 g/mol. The second kappa shape index (κ2) is 46.4. The summed E-state index contributed by atoms with van der Waals surface area (Å²) in [5.74, 6) is 0. The zero-order valence-electron chi connectivity index (χ0n) is 43.8. The van der Waals surface area contributed by atoms with E-state index in [2.05, 4.69) is 47.3 Å². The molecule has 4 unspecified atom stereocenters. The van der Waals surface area contributed by atoms with Crippen molar-refractivity contribution in [3.05, 3.63) is 0 Å². The summed E-state index contributed by atoms with van der Waals surface area (Å²) < 4.78 is 0. The lowest BCUT2D eigenvalue weighted by molar-refractivity contribution is 0.0419. The van der Waals surface area contributed by atoms with Crippen LogP contribution >= 0.6 is 0 Å². The van der Waals surface area contributed by atoms with Gasteiger partial charge in [0, 0.05) is 78.5 Å². The molecule has 0 aromatic rings. The summed E-state index contributed by atoms with van der Waals surface area (Å²) in [5.41, 5.74) is 0. The Morgan fingerprint density at radius 2 is 0.484 bits per heavy atom. The highest BCUT2D eigenvalue weighted by molar-refractivity contribution is 4.78. The van der Waals surface area contributed by atoms with Gasteiger partial charge in [0.2, 0.25) is 0 Å². The van der Waals surface area contributed by atoms with Gasteiger partial charge < -0.3 is 20.4 Å². The standard InChI is InChI=1S/C56H116N4O4/c1-5-9-13-17-21-25-29-33-37-53(61)49-59(50-54(62)38-34-30-26-22-18-14-10-6-2)47-45-57-41-43-58(44-42-57)46-48-60(51-55(63)39-35-31-27-23-19-15-11-7-3)52-56(64)40-36-32-28-24-20-16-12-8-4/h53-56,61-64H,5-52H2,1-4H3. The Morgan fingerprint density at radius 1 is 0.297 bits per heavy atom. The smallest absolute Gasteiger partial charge is 0.0667 e. The van der Waals surface area contributed by atoms with Crippen LogP contribution in [0.5, 0.6) is 0 Å². The van der Waals surface area contributed by atoms with Crippen molar-refractivity contribution >= 4 is 0 Å². The quantitative estimate of drug-likeness (QED) is 0.0449. The number of nitrogens with zero attached hydrogens (tertiary/aromatic N) is 4. The number of aliphatic hydroxyl groups is 4. The molecule has 0 radical (unpaired) electrons. The van der Waals surface area contributed by atoms with Crippen molar-refractivity contribution in [2.45, 2.75) is 283 Å². The molecule has 8 nitrogen and oxygen atoms in total. The largest absolute Gasteiger partial charge is 0.392 e. The molecule has 0 amide bonds. The summed E-state index contributed by atoms with van der Waals surface area (Å²) in [7, 11) is 0. The number of piperazine rings is 1. The summed E-state index contributed by atoms with van der Waals surface area (Å²) in [6, 6.07) is 0. The summed E-state index contributed by atoms with van der Waals surface area (Å²) in [5, 5.41) is 44.6. The molecule has 0 aromatic carbocycles. The van der Waals surface area contributed by atoms with Gasteiger partial charge in [0.25, 0.3) is 0 Å². The van der Waals surface area contributed by atoms with Gasteiger partial charge in [-0.25, -0.2) is 0 Å². The first-order valence-electron chi connectivity index (χ1n) is 28.9. The lowest BCUT2D eigenvalue weighted by Crippen LogP contribution is -2.51. The minimum atomic E-state index is -0.326. The van der Waals surface area contributed by atoms with Gasteiger partial charge in [-0.05, 0) is 25.7 Å². The van der Waals surface area contributed by atoms with Gasteiger partial charge in [0.15, 0.2) is 0 Å². The second-order valence-corrected chi connectivity index (χ2v) is 20.9. The average molecular weight is 910 g/mol. The van der Waals surface area contributed by atoms with Gasteiger partial charge in [-0.2, -0.15) is 0 Å². The molecule has 0 bridgehead atoms. The van der Waals surface area contributed by atoms with E-state index in [0.29, 0.717) is 26.2 Å².